The number of urea groups is 1. The second-order valence-corrected chi connectivity index (χ2v) is 5.39. The van der Waals surface area contributed by atoms with Crippen LogP contribution >= 0.6 is 0 Å². The number of rotatable bonds is 10. The van der Waals surface area contributed by atoms with Crippen LogP contribution < -0.4 is 10.6 Å². The molecule has 0 bridgehead atoms. The summed E-state index contributed by atoms with van der Waals surface area (Å²) >= 11 is 0. The van der Waals surface area contributed by atoms with Crippen LogP contribution in [0.2, 0.25) is 0 Å². The first-order chi connectivity index (χ1) is 10.6. The number of carbonyl (C=O) groups excluding carboxylic acids is 1. The van der Waals surface area contributed by atoms with Gasteiger partial charge in [0.05, 0.1) is 0 Å². The van der Waals surface area contributed by atoms with Crippen LogP contribution in [0.25, 0.3) is 0 Å². The minimum Gasteiger partial charge on any atom is -0.480 e. The summed E-state index contributed by atoms with van der Waals surface area (Å²) in [6.07, 6.45) is 5.86. The maximum Gasteiger partial charge on any atom is 0.326 e. The molecule has 0 aliphatic carbocycles. The van der Waals surface area contributed by atoms with E-state index in [0.29, 0.717) is 6.54 Å². The van der Waals surface area contributed by atoms with Crippen LogP contribution in [0.15, 0.2) is 30.3 Å². The number of unbranched alkanes of at least 4 members (excludes halogenated alkanes) is 4. The highest BCUT2D eigenvalue weighted by atomic mass is 16.4. The number of benzene rings is 1. The van der Waals surface area contributed by atoms with E-state index in [1.807, 2.05) is 30.3 Å². The summed E-state index contributed by atoms with van der Waals surface area (Å²) in [5.74, 6) is -1.03. The van der Waals surface area contributed by atoms with E-state index in [1.54, 1.807) is 0 Å². The van der Waals surface area contributed by atoms with Crippen molar-refractivity contribution in [2.24, 2.45) is 0 Å². The second kappa shape index (κ2) is 10.7. The standard InChI is InChI=1S/C17H26N2O3/c1-2-3-4-5-9-12-18-17(22)19-15(16(20)21)13-14-10-7-6-8-11-14/h6-8,10-11,15H,2-5,9,12-13H2,1H3,(H,20,21)(H2,18,19,22). The molecule has 3 N–H and O–H groups in total. The Kier molecular flexibility index (Phi) is 8.72. The van der Waals surface area contributed by atoms with Gasteiger partial charge in [0.25, 0.3) is 0 Å². The van der Waals surface area contributed by atoms with Crippen LogP contribution in [-0.4, -0.2) is 29.7 Å². The normalized spacial score (nSPS) is 11.7. The van der Waals surface area contributed by atoms with E-state index >= 15 is 0 Å². The molecule has 0 aliphatic heterocycles. The third-order valence-electron chi connectivity index (χ3n) is 3.45. The number of aliphatic carboxylic acids is 1. The highest BCUT2D eigenvalue weighted by molar-refractivity contribution is 5.82. The lowest BCUT2D eigenvalue weighted by molar-refractivity contribution is -0.139. The molecule has 0 aromatic heterocycles. The molecule has 0 fully saturated rings. The molecule has 1 aromatic carbocycles. The Morgan fingerprint density at radius 2 is 1.77 bits per heavy atom. The Balaban J connectivity index is 2.30. The van der Waals surface area contributed by atoms with Gasteiger partial charge in [0, 0.05) is 13.0 Å². The lowest BCUT2D eigenvalue weighted by Crippen LogP contribution is -2.47. The predicted molar refractivity (Wildman–Crippen MR) is 86.9 cm³/mol. The van der Waals surface area contributed by atoms with Crippen LogP contribution in [0.3, 0.4) is 0 Å². The largest absolute Gasteiger partial charge is 0.480 e. The van der Waals surface area contributed by atoms with Gasteiger partial charge in [-0.25, -0.2) is 9.59 Å². The molecule has 2 amide bonds. The van der Waals surface area contributed by atoms with Gasteiger partial charge in [-0.15, -0.1) is 0 Å². The van der Waals surface area contributed by atoms with E-state index in [9.17, 15) is 14.7 Å². The van der Waals surface area contributed by atoms with Crippen molar-refractivity contribution in [1.82, 2.24) is 10.6 Å². The highest BCUT2D eigenvalue weighted by Crippen LogP contribution is 2.04. The monoisotopic (exact) mass is 306 g/mol. The van der Waals surface area contributed by atoms with E-state index in [0.717, 1.165) is 18.4 Å². The molecule has 0 saturated heterocycles. The van der Waals surface area contributed by atoms with Crippen LogP contribution in [0.1, 0.15) is 44.6 Å². The Morgan fingerprint density at radius 3 is 2.41 bits per heavy atom. The molecular formula is C17H26N2O3. The molecular weight excluding hydrogens is 280 g/mol. The summed E-state index contributed by atoms with van der Waals surface area (Å²) in [6, 6.07) is 7.95. The third kappa shape index (κ3) is 7.67. The Labute approximate surface area is 132 Å². The average Bonchev–Trinajstić information content (AvgIpc) is 2.51. The minimum absolute atomic E-state index is 0.278. The zero-order valence-electron chi connectivity index (χ0n) is 13.2. The minimum atomic E-state index is -1.03. The maximum atomic E-state index is 11.8. The molecule has 122 valence electrons. The maximum absolute atomic E-state index is 11.8. The first-order valence-electron chi connectivity index (χ1n) is 7.94. The van der Waals surface area contributed by atoms with Crippen molar-refractivity contribution in [3.8, 4) is 0 Å². The second-order valence-electron chi connectivity index (χ2n) is 5.39. The van der Waals surface area contributed by atoms with Gasteiger partial charge in [-0.05, 0) is 12.0 Å². The molecule has 1 unspecified atom stereocenters. The van der Waals surface area contributed by atoms with Crippen LogP contribution in [0.5, 0.6) is 0 Å². The van der Waals surface area contributed by atoms with Crippen molar-refractivity contribution in [3.05, 3.63) is 35.9 Å². The van der Waals surface area contributed by atoms with E-state index in [2.05, 4.69) is 17.6 Å². The van der Waals surface area contributed by atoms with E-state index < -0.39 is 18.0 Å². The number of carboxylic acid groups (broad SMARTS) is 1. The molecule has 0 aliphatic rings. The van der Waals surface area contributed by atoms with Gasteiger partial charge < -0.3 is 15.7 Å². The molecule has 5 nitrogen and oxygen atoms in total. The third-order valence-corrected chi connectivity index (χ3v) is 3.45. The smallest absolute Gasteiger partial charge is 0.326 e. The van der Waals surface area contributed by atoms with Crippen molar-refractivity contribution in [2.75, 3.05) is 6.54 Å². The van der Waals surface area contributed by atoms with Gasteiger partial charge in [0.1, 0.15) is 6.04 Å². The predicted octanol–water partition coefficient (Wildman–Crippen LogP) is 2.95. The highest BCUT2D eigenvalue weighted by Gasteiger charge is 2.19. The van der Waals surface area contributed by atoms with E-state index in [1.165, 1.54) is 19.3 Å². The fraction of sp³-hybridized carbons (Fsp3) is 0.529. The van der Waals surface area contributed by atoms with Gasteiger partial charge >= 0.3 is 12.0 Å². The van der Waals surface area contributed by atoms with Gasteiger partial charge in [-0.2, -0.15) is 0 Å². The summed E-state index contributed by atoms with van der Waals surface area (Å²) in [5.41, 5.74) is 0.884. The van der Waals surface area contributed by atoms with E-state index in [4.69, 9.17) is 0 Å². The molecule has 0 saturated carbocycles. The molecule has 1 atom stereocenters. The lowest BCUT2D eigenvalue weighted by Gasteiger charge is -2.15. The number of carbonyl (C=O) groups is 2. The summed E-state index contributed by atoms with van der Waals surface area (Å²) in [7, 11) is 0. The quantitative estimate of drug-likeness (QED) is 0.582. The Bertz CT molecular complexity index is 448. The summed E-state index contributed by atoms with van der Waals surface area (Å²) in [5, 5.41) is 14.4. The van der Waals surface area contributed by atoms with Crippen LogP contribution in [0, 0.1) is 0 Å². The van der Waals surface area contributed by atoms with Crippen molar-refractivity contribution < 1.29 is 14.7 Å². The average molecular weight is 306 g/mol. The van der Waals surface area contributed by atoms with Gasteiger partial charge in [-0.1, -0.05) is 62.9 Å². The van der Waals surface area contributed by atoms with E-state index in [-0.39, 0.29) is 6.42 Å². The Morgan fingerprint density at radius 1 is 1.09 bits per heavy atom. The molecule has 22 heavy (non-hydrogen) atoms. The molecule has 0 spiro atoms. The number of nitrogens with one attached hydrogen (secondary N) is 2. The van der Waals surface area contributed by atoms with Crippen LogP contribution in [0.4, 0.5) is 4.79 Å². The fourth-order valence-corrected chi connectivity index (χ4v) is 2.19. The SMILES string of the molecule is CCCCCCCNC(=O)NC(Cc1ccccc1)C(=O)O. The molecule has 5 heteroatoms. The fourth-order valence-electron chi connectivity index (χ4n) is 2.19. The number of amides is 2. The Hall–Kier alpha value is -2.04. The summed E-state index contributed by atoms with van der Waals surface area (Å²) in [4.78, 5) is 23.0. The van der Waals surface area contributed by atoms with Crippen LogP contribution in [-0.2, 0) is 11.2 Å². The van der Waals surface area contributed by atoms with Crippen molar-refractivity contribution in [1.29, 1.82) is 0 Å². The zero-order valence-corrected chi connectivity index (χ0v) is 13.2. The van der Waals surface area contributed by atoms with Gasteiger partial charge in [0.2, 0.25) is 0 Å². The number of hydrogen-bond donors (Lipinski definition) is 3. The molecule has 1 rings (SSSR count). The van der Waals surface area contributed by atoms with Crippen molar-refractivity contribution in [2.45, 2.75) is 51.5 Å². The van der Waals surface area contributed by atoms with Gasteiger partial charge in [-0.3, -0.25) is 0 Å². The zero-order chi connectivity index (χ0) is 16.2. The van der Waals surface area contributed by atoms with Crippen molar-refractivity contribution in [3.63, 3.8) is 0 Å². The topological polar surface area (TPSA) is 78.4 Å². The summed E-state index contributed by atoms with van der Waals surface area (Å²) < 4.78 is 0. The van der Waals surface area contributed by atoms with Crippen molar-refractivity contribution >= 4 is 12.0 Å². The lowest BCUT2D eigenvalue weighted by atomic mass is 10.1. The summed E-state index contributed by atoms with van der Waals surface area (Å²) in [6.45, 7) is 2.73. The molecule has 1 aromatic rings. The first-order valence-corrected chi connectivity index (χ1v) is 7.94. The first kappa shape index (κ1) is 18.0. The molecule has 0 heterocycles. The number of hydrogen-bond acceptors (Lipinski definition) is 2. The van der Waals surface area contributed by atoms with Gasteiger partial charge in [0.15, 0.2) is 0 Å². The molecule has 0 radical (unpaired) electrons. The number of carboxylic acids is 1.